The van der Waals surface area contributed by atoms with Crippen molar-refractivity contribution in [3.63, 3.8) is 0 Å². The largest absolute Gasteiger partial charge is 0.317 e. The Morgan fingerprint density at radius 1 is 1.20 bits per heavy atom. The molecule has 4 heteroatoms. The van der Waals surface area contributed by atoms with E-state index in [1.807, 2.05) is 0 Å². The van der Waals surface area contributed by atoms with E-state index in [9.17, 15) is 0 Å². The SMILES string of the molecule is CCCNCCC1(CCc2cc(Br)sc2Br)CCCC1. The summed E-state index contributed by atoms with van der Waals surface area (Å²) in [5, 5.41) is 3.59. The third kappa shape index (κ3) is 4.82. The second kappa shape index (κ2) is 8.30. The van der Waals surface area contributed by atoms with E-state index in [0.717, 1.165) is 0 Å². The van der Waals surface area contributed by atoms with E-state index in [2.05, 4.69) is 50.2 Å². The van der Waals surface area contributed by atoms with Crippen LogP contribution in [0.2, 0.25) is 0 Å². The molecule has 1 fully saturated rings. The van der Waals surface area contributed by atoms with Crippen molar-refractivity contribution in [3.05, 3.63) is 19.2 Å². The average molecular weight is 423 g/mol. The van der Waals surface area contributed by atoms with Crippen LogP contribution in [0.5, 0.6) is 0 Å². The molecule has 1 heterocycles. The molecule has 1 aromatic heterocycles. The van der Waals surface area contributed by atoms with Crippen LogP contribution in [0.25, 0.3) is 0 Å². The highest BCUT2D eigenvalue weighted by Gasteiger charge is 2.32. The standard InChI is InChI=1S/C16H25Br2NS/c1-2-10-19-11-9-16(6-3-4-7-16)8-5-13-12-14(17)20-15(13)18/h12,19H,2-11H2,1H3. The maximum Gasteiger partial charge on any atom is 0.0742 e. The van der Waals surface area contributed by atoms with Crippen molar-refractivity contribution in [3.8, 4) is 0 Å². The van der Waals surface area contributed by atoms with Crippen LogP contribution in [0.4, 0.5) is 0 Å². The van der Waals surface area contributed by atoms with Crippen molar-refractivity contribution in [2.75, 3.05) is 13.1 Å². The van der Waals surface area contributed by atoms with Gasteiger partial charge >= 0.3 is 0 Å². The Balaban J connectivity index is 1.87. The van der Waals surface area contributed by atoms with Crippen molar-refractivity contribution in [1.29, 1.82) is 0 Å². The van der Waals surface area contributed by atoms with E-state index in [1.54, 1.807) is 11.3 Å². The van der Waals surface area contributed by atoms with E-state index in [4.69, 9.17) is 0 Å². The van der Waals surface area contributed by atoms with Crippen LogP contribution in [-0.2, 0) is 6.42 Å². The summed E-state index contributed by atoms with van der Waals surface area (Å²) < 4.78 is 2.55. The summed E-state index contributed by atoms with van der Waals surface area (Å²) in [6.07, 6.45) is 10.9. The molecule has 0 saturated heterocycles. The molecular formula is C16H25Br2NS. The molecule has 0 bridgehead atoms. The quantitative estimate of drug-likeness (QED) is 0.494. The maximum absolute atomic E-state index is 3.69. The van der Waals surface area contributed by atoms with Crippen LogP contribution >= 0.6 is 43.2 Å². The van der Waals surface area contributed by atoms with Gasteiger partial charge in [0.2, 0.25) is 0 Å². The first-order valence-corrected chi connectivity index (χ1v) is 10.2. The van der Waals surface area contributed by atoms with E-state index in [0.29, 0.717) is 5.41 Å². The molecule has 2 rings (SSSR count). The van der Waals surface area contributed by atoms with Gasteiger partial charge in [-0.25, -0.2) is 0 Å². The molecule has 0 aliphatic heterocycles. The van der Waals surface area contributed by atoms with Gasteiger partial charge in [0.15, 0.2) is 0 Å². The lowest BCUT2D eigenvalue weighted by molar-refractivity contribution is 0.245. The third-order valence-electron chi connectivity index (χ3n) is 4.58. The molecular weight excluding hydrogens is 398 g/mol. The van der Waals surface area contributed by atoms with Gasteiger partial charge in [-0.15, -0.1) is 11.3 Å². The van der Waals surface area contributed by atoms with Gasteiger partial charge in [0.05, 0.1) is 7.57 Å². The summed E-state index contributed by atoms with van der Waals surface area (Å²) in [4.78, 5) is 0. The highest BCUT2D eigenvalue weighted by Crippen LogP contribution is 2.45. The molecule has 1 N–H and O–H groups in total. The van der Waals surface area contributed by atoms with Crippen LogP contribution < -0.4 is 5.32 Å². The van der Waals surface area contributed by atoms with E-state index >= 15 is 0 Å². The van der Waals surface area contributed by atoms with Crippen molar-refractivity contribution in [1.82, 2.24) is 5.32 Å². The lowest BCUT2D eigenvalue weighted by atomic mass is 9.78. The number of nitrogens with one attached hydrogen (secondary N) is 1. The highest BCUT2D eigenvalue weighted by atomic mass is 79.9. The molecule has 114 valence electrons. The van der Waals surface area contributed by atoms with Gasteiger partial charge in [-0.05, 0) is 101 Å². The Morgan fingerprint density at radius 3 is 2.55 bits per heavy atom. The fraction of sp³-hybridized carbons (Fsp3) is 0.750. The van der Waals surface area contributed by atoms with Crippen LogP contribution in [0.15, 0.2) is 13.6 Å². The molecule has 20 heavy (non-hydrogen) atoms. The number of rotatable bonds is 8. The molecule has 1 saturated carbocycles. The topological polar surface area (TPSA) is 12.0 Å². The summed E-state index contributed by atoms with van der Waals surface area (Å²) in [5.41, 5.74) is 2.09. The zero-order valence-electron chi connectivity index (χ0n) is 12.3. The summed E-state index contributed by atoms with van der Waals surface area (Å²) in [5.74, 6) is 0. The van der Waals surface area contributed by atoms with E-state index in [-0.39, 0.29) is 0 Å². The first-order valence-electron chi connectivity index (χ1n) is 7.80. The van der Waals surface area contributed by atoms with Gasteiger partial charge < -0.3 is 5.32 Å². The van der Waals surface area contributed by atoms with Gasteiger partial charge in [-0.3, -0.25) is 0 Å². The monoisotopic (exact) mass is 421 g/mol. The third-order valence-corrected chi connectivity index (χ3v) is 7.04. The van der Waals surface area contributed by atoms with E-state index in [1.165, 1.54) is 77.6 Å². The molecule has 0 atom stereocenters. The summed E-state index contributed by atoms with van der Waals surface area (Å²) in [6, 6.07) is 2.28. The van der Waals surface area contributed by atoms with Crippen LogP contribution in [0.3, 0.4) is 0 Å². The Bertz CT molecular complexity index is 411. The zero-order chi connectivity index (χ0) is 14.4. The van der Waals surface area contributed by atoms with E-state index < -0.39 is 0 Å². The van der Waals surface area contributed by atoms with Gasteiger partial charge in [-0.2, -0.15) is 0 Å². The second-order valence-electron chi connectivity index (χ2n) is 6.06. The van der Waals surface area contributed by atoms with Crippen LogP contribution in [0, 0.1) is 5.41 Å². The Labute approximate surface area is 144 Å². The first-order chi connectivity index (χ1) is 9.65. The molecule has 1 aliphatic carbocycles. The number of aryl methyl sites for hydroxylation is 1. The van der Waals surface area contributed by atoms with Crippen molar-refractivity contribution >= 4 is 43.2 Å². The molecule has 1 aliphatic rings. The predicted octanol–water partition coefficient (Wildman–Crippen LogP) is 6.16. The van der Waals surface area contributed by atoms with Crippen molar-refractivity contribution in [2.24, 2.45) is 5.41 Å². The number of hydrogen-bond donors (Lipinski definition) is 1. The molecule has 0 spiro atoms. The normalized spacial score (nSPS) is 17.8. The number of halogens is 2. The minimum Gasteiger partial charge on any atom is -0.317 e. The summed E-state index contributed by atoms with van der Waals surface area (Å²) >= 11 is 9.08. The lowest BCUT2D eigenvalue weighted by Crippen LogP contribution is -2.25. The molecule has 0 aromatic carbocycles. The molecule has 0 amide bonds. The predicted molar refractivity (Wildman–Crippen MR) is 96.7 cm³/mol. The Morgan fingerprint density at radius 2 is 1.95 bits per heavy atom. The second-order valence-corrected chi connectivity index (χ2v) is 9.81. The minimum atomic E-state index is 0.606. The number of hydrogen-bond acceptors (Lipinski definition) is 2. The van der Waals surface area contributed by atoms with Crippen LogP contribution in [0.1, 0.15) is 57.4 Å². The molecule has 0 unspecified atom stereocenters. The zero-order valence-corrected chi connectivity index (χ0v) is 16.3. The highest BCUT2D eigenvalue weighted by molar-refractivity contribution is 9.12. The van der Waals surface area contributed by atoms with Gasteiger partial charge in [0.1, 0.15) is 0 Å². The van der Waals surface area contributed by atoms with Crippen molar-refractivity contribution in [2.45, 2.75) is 58.3 Å². The molecule has 0 radical (unpaired) electrons. The molecule has 1 nitrogen and oxygen atoms in total. The van der Waals surface area contributed by atoms with Crippen molar-refractivity contribution < 1.29 is 0 Å². The lowest BCUT2D eigenvalue weighted by Gasteiger charge is -2.29. The minimum absolute atomic E-state index is 0.606. The average Bonchev–Trinajstić information content (AvgIpc) is 3.00. The Hall–Kier alpha value is 0.620. The van der Waals surface area contributed by atoms with Gasteiger partial charge in [0.25, 0.3) is 0 Å². The van der Waals surface area contributed by atoms with Gasteiger partial charge in [0, 0.05) is 0 Å². The molecule has 1 aromatic rings. The summed E-state index contributed by atoms with van der Waals surface area (Å²) in [6.45, 7) is 4.60. The fourth-order valence-corrected chi connectivity index (χ4v) is 6.26. The maximum atomic E-state index is 3.69. The smallest absolute Gasteiger partial charge is 0.0742 e. The number of thiophene rings is 1. The Kier molecular flexibility index (Phi) is 7.05. The van der Waals surface area contributed by atoms with Gasteiger partial charge in [-0.1, -0.05) is 19.8 Å². The first kappa shape index (κ1) is 17.0. The summed E-state index contributed by atoms with van der Waals surface area (Å²) in [7, 11) is 0. The fourth-order valence-electron chi connectivity index (χ4n) is 3.35. The van der Waals surface area contributed by atoms with Crippen LogP contribution in [-0.4, -0.2) is 13.1 Å².